The number of carbonyl (C=O) groups is 1. The number of nitrogens with zero attached hydrogens (tertiary/aromatic N) is 5. The summed E-state index contributed by atoms with van der Waals surface area (Å²) in [7, 11) is 0. The van der Waals surface area contributed by atoms with Crippen molar-refractivity contribution in [3.05, 3.63) is 126 Å². The van der Waals surface area contributed by atoms with Gasteiger partial charge in [0, 0.05) is 50.2 Å². The highest BCUT2D eigenvalue weighted by Crippen LogP contribution is 2.32. The summed E-state index contributed by atoms with van der Waals surface area (Å²) in [6, 6.07) is 27.2. The van der Waals surface area contributed by atoms with E-state index in [1.54, 1.807) is 12.3 Å². The molecular weight excluding hydrogens is 486 g/mol. The lowest BCUT2D eigenvalue weighted by atomic mass is 9.96. The van der Waals surface area contributed by atoms with Gasteiger partial charge in [-0.3, -0.25) is 9.80 Å². The third-order valence-corrected chi connectivity index (χ3v) is 7.95. The van der Waals surface area contributed by atoms with Gasteiger partial charge in [-0.25, -0.2) is 9.78 Å². The minimum atomic E-state index is -0.907. The molecule has 7 heteroatoms. The molecule has 3 aromatic carbocycles. The van der Waals surface area contributed by atoms with Crippen molar-refractivity contribution in [2.45, 2.75) is 25.7 Å². The molecule has 5 aromatic rings. The van der Waals surface area contributed by atoms with Gasteiger partial charge in [-0.2, -0.15) is 0 Å². The molecule has 0 radical (unpaired) electrons. The van der Waals surface area contributed by atoms with Gasteiger partial charge in [-0.05, 0) is 35.7 Å². The summed E-state index contributed by atoms with van der Waals surface area (Å²) in [5.41, 5.74) is 5.03. The van der Waals surface area contributed by atoms with Crippen molar-refractivity contribution in [2.75, 3.05) is 26.2 Å². The highest BCUT2D eigenvalue weighted by molar-refractivity contribution is 5.94. The summed E-state index contributed by atoms with van der Waals surface area (Å²) in [6.45, 7) is 6.64. The summed E-state index contributed by atoms with van der Waals surface area (Å²) in [5.74, 6) is -0.907. The van der Waals surface area contributed by atoms with Crippen LogP contribution in [0.3, 0.4) is 0 Å². The topological polar surface area (TPSA) is 66.5 Å². The van der Waals surface area contributed by atoms with E-state index >= 15 is 0 Å². The molecule has 1 N–H and O–H groups in total. The van der Waals surface area contributed by atoms with E-state index in [0.717, 1.165) is 42.6 Å². The van der Waals surface area contributed by atoms with E-state index in [1.807, 2.05) is 29.2 Å². The average Bonchev–Trinajstić information content (AvgIpc) is 3.62. The van der Waals surface area contributed by atoms with Crippen LogP contribution in [0.5, 0.6) is 0 Å². The van der Waals surface area contributed by atoms with Crippen molar-refractivity contribution in [1.82, 2.24) is 23.9 Å². The predicted octanol–water partition coefficient (Wildman–Crippen LogP) is 5.51. The molecule has 1 saturated heterocycles. The molecule has 2 aromatic heterocycles. The maximum absolute atomic E-state index is 11.8. The highest BCUT2D eigenvalue weighted by Gasteiger charge is 2.29. The molecule has 0 spiro atoms. The summed E-state index contributed by atoms with van der Waals surface area (Å²) in [6.07, 6.45) is 7.81. The van der Waals surface area contributed by atoms with Crippen molar-refractivity contribution in [3.63, 3.8) is 0 Å². The van der Waals surface area contributed by atoms with E-state index in [-0.39, 0.29) is 12.2 Å². The van der Waals surface area contributed by atoms with E-state index in [9.17, 15) is 9.90 Å². The number of piperazine rings is 1. The molecule has 198 valence electrons. The first-order chi connectivity index (χ1) is 19.1. The quantitative estimate of drug-likeness (QED) is 0.293. The fourth-order valence-corrected chi connectivity index (χ4v) is 5.90. The van der Waals surface area contributed by atoms with Gasteiger partial charge < -0.3 is 14.2 Å². The molecule has 1 fully saturated rings. The first-order valence-corrected chi connectivity index (χ1v) is 13.5. The van der Waals surface area contributed by atoms with Crippen LogP contribution < -0.4 is 0 Å². The van der Waals surface area contributed by atoms with E-state index < -0.39 is 5.97 Å². The molecule has 1 aliphatic heterocycles. The summed E-state index contributed by atoms with van der Waals surface area (Å²) < 4.78 is 4.29. The molecule has 7 nitrogen and oxygen atoms in total. The van der Waals surface area contributed by atoms with Crippen LogP contribution in [0, 0.1) is 0 Å². The second-order valence-electron chi connectivity index (χ2n) is 10.3. The van der Waals surface area contributed by atoms with Gasteiger partial charge in [0.15, 0.2) is 0 Å². The Hall–Kier alpha value is -4.20. The molecule has 1 unspecified atom stereocenters. The molecule has 1 atom stereocenters. The number of benzene rings is 3. The van der Waals surface area contributed by atoms with Crippen LogP contribution in [0.4, 0.5) is 0 Å². The Bertz CT molecular complexity index is 1500. The van der Waals surface area contributed by atoms with Gasteiger partial charge in [0.2, 0.25) is 0 Å². The molecule has 0 amide bonds. The number of fused-ring (bicyclic) bond motifs is 1. The van der Waals surface area contributed by atoms with Crippen molar-refractivity contribution < 1.29 is 9.90 Å². The highest BCUT2D eigenvalue weighted by atomic mass is 16.4. The smallest absolute Gasteiger partial charge is 0.335 e. The van der Waals surface area contributed by atoms with Gasteiger partial charge in [-0.15, -0.1) is 0 Å². The van der Waals surface area contributed by atoms with E-state index in [1.165, 1.54) is 11.1 Å². The Balaban J connectivity index is 1.26. The summed E-state index contributed by atoms with van der Waals surface area (Å²) >= 11 is 0. The number of hydrogen-bond donors (Lipinski definition) is 1. The Morgan fingerprint density at radius 3 is 2.13 bits per heavy atom. The maximum atomic E-state index is 11.8. The normalized spacial score (nSPS) is 15.6. The van der Waals surface area contributed by atoms with E-state index in [4.69, 9.17) is 0 Å². The van der Waals surface area contributed by atoms with Gasteiger partial charge in [0.05, 0.1) is 36.2 Å². The minimum absolute atomic E-state index is 0.0853. The predicted molar refractivity (Wildman–Crippen MR) is 153 cm³/mol. The van der Waals surface area contributed by atoms with Gasteiger partial charge in [-0.1, -0.05) is 66.7 Å². The molecule has 0 aliphatic carbocycles. The Morgan fingerprint density at radius 2 is 1.54 bits per heavy atom. The molecular formula is C32H33N5O2. The molecule has 6 rings (SSSR count). The number of aromatic nitrogens is 3. The fraction of sp³-hybridized carbons (Fsp3) is 0.250. The minimum Gasteiger partial charge on any atom is -0.478 e. The molecule has 0 bridgehead atoms. The standard InChI is InChI=1S/C32H33N5O2/c1-24(37-22-28(21-34-15-14-33-23-34)29-13-12-27(32(38)39)20-30(29)37)35-16-18-36(19-17-35)31(25-8-4-2-5-9-25)26-10-6-3-7-11-26/h2-15,20,22-24,31H,16-19,21H2,1H3,(H,38,39). The lowest BCUT2D eigenvalue weighted by molar-refractivity contribution is 0.0612. The van der Waals surface area contributed by atoms with Gasteiger partial charge in [0.25, 0.3) is 0 Å². The number of aromatic carboxylic acids is 1. The van der Waals surface area contributed by atoms with Crippen molar-refractivity contribution in [1.29, 1.82) is 0 Å². The monoisotopic (exact) mass is 519 g/mol. The van der Waals surface area contributed by atoms with Gasteiger partial charge >= 0.3 is 5.97 Å². The number of imidazole rings is 1. The second-order valence-corrected chi connectivity index (χ2v) is 10.3. The molecule has 39 heavy (non-hydrogen) atoms. The van der Waals surface area contributed by atoms with Crippen molar-refractivity contribution in [2.24, 2.45) is 0 Å². The summed E-state index contributed by atoms with van der Waals surface area (Å²) in [5, 5.41) is 10.7. The molecule has 3 heterocycles. The fourth-order valence-electron chi connectivity index (χ4n) is 5.90. The Labute approximate surface area is 228 Å². The zero-order valence-electron chi connectivity index (χ0n) is 22.1. The Morgan fingerprint density at radius 1 is 0.897 bits per heavy atom. The largest absolute Gasteiger partial charge is 0.478 e. The lowest BCUT2D eigenvalue weighted by Gasteiger charge is -2.42. The second kappa shape index (κ2) is 10.9. The van der Waals surface area contributed by atoms with Crippen LogP contribution in [-0.2, 0) is 6.54 Å². The maximum Gasteiger partial charge on any atom is 0.335 e. The SMILES string of the molecule is CC(N1CCN(C(c2ccccc2)c2ccccc2)CC1)n1cc(Cn2ccnc2)c2ccc(C(=O)O)cc21. The van der Waals surface area contributed by atoms with Crippen LogP contribution in [-0.4, -0.2) is 61.2 Å². The first kappa shape index (κ1) is 25.1. The first-order valence-electron chi connectivity index (χ1n) is 13.5. The lowest BCUT2D eigenvalue weighted by Crippen LogP contribution is -2.49. The Kier molecular flexibility index (Phi) is 7.00. The zero-order valence-corrected chi connectivity index (χ0v) is 22.1. The van der Waals surface area contributed by atoms with Crippen LogP contribution in [0.15, 0.2) is 104 Å². The molecule has 1 aliphatic rings. The number of carboxylic acid groups (broad SMARTS) is 1. The van der Waals surface area contributed by atoms with Crippen LogP contribution >= 0.6 is 0 Å². The number of carboxylic acids is 1. The van der Waals surface area contributed by atoms with Gasteiger partial charge in [0.1, 0.15) is 0 Å². The third-order valence-electron chi connectivity index (χ3n) is 7.95. The van der Waals surface area contributed by atoms with Crippen LogP contribution in [0.1, 0.15) is 46.2 Å². The zero-order chi connectivity index (χ0) is 26.8. The number of rotatable bonds is 8. The van der Waals surface area contributed by atoms with E-state index in [0.29, 0.717) is 12.1 Å². The van der Waals surface area contributed by atoms with Crippen molar-refractivity contribution >= 4 is 16.9 Å². The number of hydrogen-bond acceptors (Lipinski definition) is 4. The average molecular weight is 520 g/mol. The molecule has 0 saturated carbocycles. The summed E-state index contributed by atoms with van der Waals surface area (Å²) in [4.78, 5) is 21.0. The van der Waals surface area contributed by atoms with Crippen LogP contribution in [0.25, 0.3) is 10.9 Å². The van der Waals surface area contributed by atoms with Crippen molar-refractivity contribution in [3.8, 4) is 0 Å². The van der Waals surface area contributed by atoms with E-state index in [2.05, 4.69) is 93.1 Å². The third kappa shape index (κ3) is 5.11. The van der Waals surface area contributed by atoms with Crippen LogP contribution in [0.2, 0.25) is 0 Å².